The number of aryl methyl sites for hydroxylation is 1. The maximum absolute atomic E-state index is 12.4. The van der Waals surface area contributed by atoms with Crippen LogP contribution in [-0.2, 0) is 9.53 Å². The Morgan fingerprint density at radius 1 is 1.28 bits per heavy atom. The van der Waals surface area contributed by atoms with Crippen LogP contribution in [0.4, 0.5) is 5.82 Å². The minimum Gasteiger partial charge on any atom is -0.493 e. The number of ether oxygens (including phenoxy) is 4. The van der Waals surface area contributed by atoms with Gasteiger partial charge in [-0.05, 0) is 24.6 Å². The van der Waals surface area contributed by atoms with Gasteiger partial charge in [-0.15, -0.1) is 0 Å². The number of esters is 1. The van der Waals surface area contributed by atoms with E-state index in [0.29, 0.717) is 28.6 Å². The molecule has 0 saturated heterocycles. The Morgan fingerprint density at radius 3 is 3.00 bits per heavy atom. The normalized spacial score (nSPS) is 20.1. The Bertz CT molecular complexity index is 946. The monoisotopic (exact) mass is 341 g/mol. The first-order valence-corrected chi connectivity index (χ1v) is 7.87. The predicted octanol–water partition coefficient (Wildman–Crippen LogP) is 1.82. The number of rotatable bonds is 2. The van der Waals surface area contributed by atoms with Crippen LogP contribution in [0.25, 0.3) is 0 Å². The van der Waals surface area contributed by atoms with Gasteiger partial charge in [0.2, 0.25) is 12.5 Å². The Labute approximate surface area is 142 Å². The molecule has 8 heteroatoms. The third-order valence-corrected chi connectivity index (χ3v) is 4.75. The van der Waals surface area contributed by atoms with Crippen LogP contribution in [0.2, 0.25) is 0 Å². The number of hydrogen-bond acceptors (Lipinski definition) is 7. The molecule has 3 aliphatic heterocycles. The van der Waals surface area contributed by atoms with Crippen molar-refractivity contribution in [2.24, 2.45) is 0 Å². The number of benzene rings is 1. The van der Waals surface area contributed by atoms with E-state index in [1.807, 2.05) is 19.1 Å². The van der Waals surface area contributed by atoms with Gasteiger partial charge in [-0.25, -0.2) is 4.79 Å². The van der Waals surface area contributed by atoms with Gasteiger partial charge in [-0.3, -0.25) is 5.10 Å². The van der Waals surface area contributed by atoms with E-state index in [1.54, 1.807) is 7.11 Å². The van der Waals surface area contributed by atoms with Gasteiger partial charge in [0.25, 0.3) is 0 Å². The predicted molar refractivity (Wildman–Crippen MR) is 85.9 cm³/mol. The molecule has 1 aromatic carbocycles. The van der Waals surface area contributed by atoms with Crippen LogP contribution >= 0.6 is 0 Å². The molecule has 0 fully saturated rings. The molecule has 0 radical (unpaired) electrons. The van der Waals surface area contributed by atoms with Crippen molar-refractivity contribution < 1.29 is 23.7 Å². The minimum atomic E-state index is -0.324. The summed E-state index contributed by atoms with van der Waals surface area (Å²) in [7, 11) is 1.58. The molecule has 25 heavy (non-hydrogen) atoms. The number of H-pyrrole nitrogens is 1. The standard InChI is InChI=1S/C17H15N3O5/c1-7-12-13(8-3-10(22-2)15-11(4-8)24-6-25-15)14-9(5-23-17(14)21)18-16(12)20-19-7/h3-4,13H,5-6H2,1-2H3,(H2,18,19,20). The van der Waals surface area contributed by atoms with Crippen LogP contribution in [0.1, 0.15) is 22.7 Å². The van der Waals surface area contributed by atoms with Crippen molar-refractivity contribution in [1.29, 1.82) is 0 Å². The average Bonchev–Trinajstić information content (AvgIpc) is 3.32. The van der Waals surface area contributed by atoms with Gasteiger partial charge in [-0.1, -0.05) is 0 Å². The fraction of sp³-hybridized carbons (Fsp3) is 0.294. The number of anilines is 1. The van der Waals surface area contributed by atoms with Crippen LogP contribution in [0.5, 0.6) is 17.2 Å². The van der Waals surface area contributed by atoms with E-state index < -0.39 is 0 Å². The van der Waals surface area contributed by atoms with Gasteiger partial charge in [0.15, 0.2) is 17.3 Å². The van der Waals surface area contributed by atoms with Crippen molar-refractivity contribution in [1.82, 2.24) is 10.2 Å². The molecule has 0 amide bonds. The Balaban J connectivity index is 1.75. The van der Waals surface area contributed by atoms with Crippen LogP contribution in [-0.4, -0.2) is 36.7 Å². The van der Waals surface area contributed by atoms with E-state index >= 15 is 0 Å². The largest absolute Gasteiger partial charge is 0.493 e. The highest BCUT2D eigenvalue weighted by atomic mass is 16.7. The Hall–Kier alpha value is -3.16. The first-order chi connectivity index (χ1) is 12.2. The van der Waals surface area contributed by atoms with Gasteiger partial charge in [0.05, 0.1) is 18.4 Å². The third kappa shape index (κ3) is 1.87. The second kappa shape index (κ2) is 4.92. The molecule has 128 valence electrons. The zero-order valence-corrected chi connectivity index (χ0v) is 13.6. The number of aromatic amines is 1. The highest BCUT2D eigenvalue weighted by Gasteiger charge is 2.41. The first kappa shape index (κ1) is 14.2. The number of methoxy groups -OCH3 is 1. The summed E-state index contributed by atoms with van der Waals surface area (Å²) >= 11 is 0. The number of cyclic esters (lactones) is 1. The Morgan fingerprint density at radius 2 is 2.16 bits per heavy atom. The van der Waals surface area contributed by atoms with Crippen LogP contribution < -0.4 is 19.5 Å². The molecule has 1 aromatic heterocycles. The van der Waals surface area contributed by atoms with Crippen LogP contribution in [0, 0.1) is 6.92 Å². The zero-order valence-electron chi connectivity index (χ0n) is 13.6. The van der Waals surface area contributed by atoms with E-state index in [-0.39, 0.29) is 25.3 Å². The molecule has 3 aliphatic rings. The van der Waals surface area contributed by atoms with Gasteiger partial charge in [0, 0.05) is 17.2 Å². The minimum absolute atomic E-state index is 0.146. The number of fused-ring (bicyclic) bond motifs is 2. The summed E-state index contributed by atoms with van der Waals surface area (Å²) in [6.45, 7) is 2.29. The van der Waals surface area contributed by atoms with Crippen molar-refractivity contribution in [2.45, 2.75) is 12.8 Å². The van der Waals surface area contributed by atoms with Gasteiger partial charge in [0.1, 0.15) is 6.61 Å². The second-order valence-electron chi connectivity index (χ2n) is 6.09. The molecular weight excluding hydrogens is 326 g/mol. The fourth-order valence-electron chi connectivity index (χ4n) is 3.64. The molecule has 2 aromatic rings. The van der Waals surface area contributed by atoms with E-state index in [9.17, 15) is 4.79 Å². The summed E-state index contributed by atoms with van der Waals surface area (Å²) < 4.78 is 21.7. The number of nitrogens with zero attached hydrogens (tertiary/aromatic N) is 1. The number of aromatic nitrogens is 2. The molecule has 0 spiro atoms. The molecule has 0 aliphatic carbocycles. The topological polar surface area (TPSA) is 94.7 Å². The Kier molecular flexibility index (Phi) is 2.79. The summed E-state index contributed by atoms with van der Waals surface area (Å²) in [6, 6.07) is 3.75. The summed E-state index contributed by atoms with van der Waals surface area (Å²) in [6.07, 6.45) is 0. The maximum atomic E-state index is 12.4. The fourth-order valence-corrected chi connectivity index (χ4v) is 3.64. The van der Waals surface area contributed by atoms with Crippen molar-refractivity contribution in [3.05, 3.63) is 40.2 Å². The number of carbonyl (C=O) groups excluding carboxylic acids is 1. The van der Waals surface area contributed by atoms with Crippen molar-refractivity contribution in [3.8, 4) is 17.2 Å². The highest BCUT2D eigenvalue weighted by Crippen LogP contribution is 2.49. The average molecular weight is 341 g/mol. The molecule has 8 nitrogen and oxygen atoms in total. The molecule has 0 saturated carbocycles. The molecule has 1 unspecified atom stereocenters. The lowest BCUT2D eigenvalue weighted by molar-refractivity contribution is -0.136. The summed E-state index contributed by atoms with van der Waals surface area (Å²) in [4.78, 5) is 12.4. The van der Waals surface area contributed by atoms with Gasteiger partial charge < -0.3 is 24.3 Å². The van der Waals surface area contributed by atoms with Crippen molar-refractivity contribution >= 4 is 11.8 Å². The quantitative estimate of drug-likeness (QED) is 0.805. The first-order valence-electron chi connectivity index (χ1n) is 7.87. The number of carbonyl (C=O) groups is 1. The SMILES string of the molecule is COc1cc(C2C3=C(COC3=O)Nc3n[nH]c(C)c32)cc2c1OCO2. The second-order valence-corrected chi connectivity index (χ2v) is 6.09. The summed E-state index contributed by atoms with van der Waals surface area (Å²) in [5.74, 6) is 1.81. The lowest BCUT2D eigenvalue weighted by atomic mass is 9.82. The van der Waals surface area contributed by atoms with Crippen molar-refractivity contribution in [3.63, 3.8) is 0 Å². The van der Waals surface area contributed by atoms with Crippen LogP contribution in [0.3, 0.4) is 0 Å². The summed E-state index contributed by atoms with van der Waals surface area (Å²) in [5, 5.41) is 10.5. The number of hydrogen-bond donors (Lipinski definition) is 2. The lowest BCUT2D eigenvalue weighted by Gasteiger charge is -2.24. The molecular formula is C17H15N3O5. The molecule has 4 heterocycles. The smallest absolute Gasteiger partial charge is 0.337 e. The van der Waals surface area contributed by atoms with Gasteiger partial charge >= 0.3 is 5.97 Å². The van der Waals surface area contributed by atoms with Crippen molar-refractivity contribution in [2.75, 3.05) is 25.8 Å². The molecule has 5 rings (SSSR count). The third-order valence-electron chi connectivity index (χ3n) is 4.75. The van der Waals surface area contributed by atoms with E-state index in [1.165, 1.54) is 0 Å². The number of nitrogens with one attached hydrogen (secondary N) is 2. The van der Waals surface area contributed by atoms with Gasteiger partial charge in [-0.2, -0.15) is 5.10 Å². The molecule has 1 atom stereocenters. The highest BCUT2D eigenvalue weighted by molar-refractivity contribution is 5.97. The lowest BCUT2D eigenvalue weighted by Crippen LogP contribution is -2.20. The van der Waals surface area contributed by atoms with E-state index in [4.69, 9.17) is 18.9 Å². The molecule has 0 bridgehead atoms. The molecule has 2 N–H and O–H groups in total. The van der Waals surface area contributed by atoms with Crippen LogP contribution in [0.15, 0.2) is 23.4 Å². The maximum Gasteiger partial charge on any atom is 0.337 e. The zero-order chi connectivity index (χ0) is 17.1. The summed E-state index contributed by atoms with van der Waals surface area (Å²) in [5.41, 5.74) is 4.00. The van der Waals surface area contributed by atoms with E-state index in [0.717, 1.165) is 22.5 Å². The van der Waals surface area contributed by atoms with E-state index in [2.05, 4.69) is 15.5 Å².